The minimum Gasteiger partial charge on any atom is -0.368 e. The standard InChI is InChI=1S/C12H11BrN2O2/c1-2-4-10(11(14)16)15-12(17)8-5-3-6-9(13)7-8/h1,3,5-7,10H,4H2,(H2,14,16)(H,15,17)/t10-/m0/s1. The number of primary amides is 1. The molecule has 0 unspecified atom stereocenters. The molecule has 0 bridgehead atoms. The third-order valence-corrected chi connectivity index (χ3v) is 2.55. The Morgan fingerprint density at radius 3 is 2.76 bits per heavy atom. The average Bonchev–Trinajstić information content (AvgIpc) is 2.28. The molecule has 1 rings (SSSR count). The largest absolute Gasteiger partial charge is 0.368 e. The Morgan fingerprint density at radius 2 is 2.24 bits per heavy atom. The van der Waals surface area contributed by atoms with Crippen LogP contribution < -0.4 is 11.1 Å². The van der Waals surface area contributed by atoms with Crippen molar-refractivity contribution in [3.05, 3.63) is 34.3 Å². The predicted octanol–water partition coefficient (Wildman–Crippen LogP) is 1.06. The number of rotatable bonds is 4. The number of benzene rings is 1. The number of nitrogens with two attached hydrogens (primary N) is 1. The van der Waals surface area contributed by atoms with Gasteiger partial charge in [0.05, 0.1) is 0 Å². The number of amides is 2. The van der Waals surface area contributed by atoms with Crippen molar-refractivity contribution in [3.8, 4) is 12.3 Å². The highest BCUT2D eigenvalue weighted by Gasteiger charge is 2.17. The Hall–Kier alpha value is -1.80. The van der Waals surface area contributed by atoms with Gasteiger partial charge in [-0.1, -0.05) is 22.0 Å². The Balaban J connectivity index is 2.78. The minimum atomic E-state index is -0.841. The Labute approximate surface area is 108 Å². The van der Waals surface area contributed by atoms with Gasteiger partial charge >= 0.3 is 0 Å². The molecule has 0 spiro atoms. The zero-order valence-corrected chi connectivity index (χ0v) is 10.5. The van der Waals surface area contributed by atoms with E-state index in [1.807, 2.05) is 0 Å². The maximum atomic E-state index is 11.8. The molecule has 0 aliphatic rings. The van der Waals surface area contributed by atoms with E-state index in [0.29, 0.717) is 5.56 Å². The first-order valence-corrected chi connectivity index (χ1v) is 5.63. The van der Waals surface area contributed by atoms with E-state index in [9.17, 15) is 9.59 Å². The van der Waals surface area contributed by atoms with Gasteiger partial charge in [-0.2, -0.15) is 0 Å². The lowest BCUT2D eigenvalue weighted by Gasteiger charge is -2.12. The van der Waals surface area contributed by atoms with Crippen LogP contribution in [0.5, 0.6) is 0 Å². The molecule has 0 fully saturated rings. The summed E-state index contributed by atoms with van der Waals surface area (Å²) in [5, 5.41) is 2.48. The number of halogens is 1. The van der Waals surface area contributed by atoms with Gasteiger partial charge in [0.2, 0.25) is 5.91 Å². The van der Waals surface area contributed by atoms with E-state index < -0.39 is 11.9 Å². The highest BCUT2D eigenvalue weighted by molar-refractivity contribution is 9.10. The summed E-state index contributed by atoms with van der Waals surface area (Å²) in [7, 11) is 0. The second-order valence-corrected chi connectivity index (χ2v) is 4.26. The molecule has 0 aromatic heterocycles. The van der Waals surface area contributed by atoms with Crippen molar-refractivity contribution in [3.63, 3.8) is 0 Å². The Morgan fingerprint density at radius 1 is 1.53 bits per heavy atom. The fourth-order valence-corrected chi connectivity index (χ4v) is 1.61. The van der Waals surface area contributed by atoms with Crippen LogP contribution in [-0.4, -0.2) is 17.9 Å². The van der Waals surface area contributed by atoms with E-state index in [0.717, 1.165) is 4.47 Å². The van der Waals surface area contributed by atoms with Crippen molar-refractivity contribution in [2.24, 2.45) is 5.73 Å². The first-order valence-electron chi connectivity index (χ1n) is 4.84. The molecule has 1 aromatic carbocycles. The molecule has 0 aliphatic heterocycles. The van der Waals surface area contributed by atoms with Crippen LogP contribution in [0.1, 0.15) is 16.8 Å². The van der Waals surface area contributed by atoms with E-state index in [-0.39, 0.29) is 12.3 Å². The molecule has 88 valence electrons. The van der Waals surface area contributed by atoms with Gasteiger partial charge in [-0.3, -0.25) is 9.59 Å². The maximum absolute atomic E-state index is 11.8. The summed E-state index contributed by atoms with van der Waals surface area (Å²) in [4.78, 5) is 22.8. The quantitative estimate of drug-likeness (QED) is 0.815. The normalized spacial score (nSPS) is 11.3. The van der Waals surface area contributed by atoms with Crippen molar-refractivity contribution in [2.45, 2.75) is 12.5 Å². The number of nitrogens with one attached hydrogen (secondary N) is 1. The van der Waals surface area contributed by atoms with Gasteiger partial charge in [0.1, 0.15) is 6.04 Å². The minimum absolute atomic E-state index is 0.0784. The van der Waals surface area contributed by atoms with Crippen molar-refractivity contribution in [2.75, 3.05) is 0 Å². The number of terminal acetylenes is 1. The molecule has 0 radical (unpaired) electrons. The first-order chi connectivity index (χ1) is 8.04. The summed E-state index contributed by atoms with van der Waals surface area (Å²) < 4.78 is 0.776. The van der Waals surface area contributed by atoms with E-state index >= 15 is 0 Å². The molecule has 17 heavy (non-hydrogen) atoms. The molecule has 0 saturated carbocycles. The van der Waals surface area contributed by atoms with Crippen molar-refractivity contribution >= 4 is 27.7 Å². The fourth-order valence-electron chi connectivity index (χ4n) is 1.21. The zero-order chi connectivity index (χ0) is 12.8. The maximum Gasteiger partial charge on any atom is 0.251 e. The molecular formula is C12H11BrN2O2. The molecule has 0 aliphatic carbocycles. The topological polar surface area (TPSA) is 72.2 Å². The Bertz CT molecular complexity index is 480. The van der Waals surface area contributed by atoms with Crippen LogP contribution >= 0.6 is 15.9 Å². The predicted molar refractivity (Wildman–Crippen MR) is 68.0 cm³/mol. The highest BCUT2D eigenvalue weighted by Crippen LogP contribution is 2.11. The number of carbonyl (C=O) groups excluding carboxylic acids is 2. The van der Waals surface area contributed by atoms with Crippen molar-refractivity contribution in [1.29, 1.82) is 0 Å². The SMILES string of the molecule is C#CC[C@H](NC(=O)c1cccc(Br)c1)C(N)=O. The highest BCUT2D eigenvalue weighted by atomic mass is 79.9. The van der Waals surface area contributed by atoms with Crippen molar-refractivity contribution < 1.29 is 9.59 Å². The molecule has 4 nitrogen and oxygen atoms in total. The zero-order valence-electron chi connectivity index (χ0n) is 8.94. The molecule has 1 atom stereocenters. The molecule has 0 saturated heterocycles. The van der Waals surface area contributed by atoms with Gasteiger partial charge in [0, 0.05) is 16.5 Å². The van der Waals surface area contributed by atoms with E-state index in [2.05, 4.69) is 27.2 Å². The number of carbonyl (C=O) groups is 2. The average molecular weight is 295 g/mol. The van der Waals surface area contributed by atoms with Gasteiger partial charge in [-0.15, -0.1) is 12.3 Å². The van der Waals surface area contributed by atoms with Crippen LogP contribution in [0.3, 0.4) is 0 Å². The number of hydrogen-bond acceptors (Lipinski definition) is 2. The van der Waals surface area contributed by atoms with Gasteiger partial charge in [-0.25, -0.2) is 0 Å². The lowest BCUT2D eigenvalue weighted by Crippen LogP contribution is -2.44. The lowest BCUT2D eigenvalue weighted by molar-refractivity contribution is -0.119. The third-order valence-electron chi connectivity index (χ3n) is 2.06. The molecule has 5 heteroatoms. The van der Waals surface area contributed by atoms with Crippen LogP contribution in [0.2, 0.25) is 0 Å². The van der Waals surface area contributed by atoms with Gasteiger partial charge in [0.15, 0.2) is 0 Å². The third kappa shape index (κ3) is 3.93. The lowest BCUT2D eigenvalue weighted by atomic mass is 10.1. The fraction of sp³-hybridized carbons (Fsp3) is 0.167. The van der Waals surface area contributed by atoms with Crippen LogP contribution in [0.4, 0.5) is 0 Å². The summed E-state index contributed by atoms with van der Waals surface area (Å²) in [6, 6.07) is 5.95. The van der Waals surface area contributed by atoms with E-state index in [4.69, 9.17) is 12.2 Å². The summed E-state index contributed by atoms with van der Waals surface area (Å²) in [6.45, 7) is 0. The van der Waals surface area contributed by atoms with Crippen LogP contribution in [0.15, 0.2) is 28.7 Å². The number of hydrogen-bond donors (Lipinski definition) is 2. The summed E-state index contributed by atoms with van der Waals surface area (Å²) >= 11 is 3.25. The molecule has 2 amide bonds. The summed E-state index contributed by atoms with van der Waals surface area (Å²) in [5.74, 6) is 1.26. The van der Waals surface area contributed by atoms with Crippen LogP contribution in [-0.2, 0) is 4.79 Å². The van der Waals surface area contributed by atoms with Gasteiger partial charge in [-0.05, 0) is 18.2 Å². The van der Waals surface area contributed by atoms with E-state index in [1.54, 1.807) is 24.3 Å². The molecular weight excluding hydrogens is 284 g/mol. The Kier molecular flexibility index (Phi) is 4.73. The smallest absolute Gasteiger partial charge is 0.251 e. The molecule has 3 N–H and O–H groups in total. The summed E-state index contributed by atoms with van der Waals surface area (Å²) in [5.41, 5.74) is 5.55. The molecule has 1 aromatic rings. The van der Waals surface area contributed by atoms with E-state index in [1.165, 1.54) is 0 Å². The van der Waals surface area contributed by atoms with Gasteiger partial charge < -0.3 is 11.1 Å². The van der Waals surface area contributed by atoms with Crippen LogP contribution in [0.25, 0.3) is 0 Å². The van der Waals surface area contributed by atoms with Gasteiger partial charge in [0.25, 0.3) is 5.91 Å². The molecule has 0 heterocycles. The second kappa shape index (κ2) is 6.06. The monoisotopic (exact) mass is 294 g/mol. The first kappa shape index (κ1) is 13.3. The summed E-state index contributed by atoms with van der Waals surface area (Å²) in [6.07, 6.45) is 5.17. The van der Waals surface area contributed by atoms with Crippen molar-refractivity contribution in [1.82, 2.24) is 5.32 Å². The second-order valence-electron chi connectivity index (χ2n) is 3.35. The van der Waals surface area contributed by atoms with Crippen LogP contribution in [0, 0.1) is 12.3 Å².